The summed E-state index contributed by atoms with van der Waals surface area (Å²) in [7, 11) is 0. The number of nitrogens with two attached hydrogens (primary N) is 1. The van der Waals surface area contributed by atoms with Crippen molar-refractivity contribution in [1.82, 2.24) is 30.5 Å². The Bertz CT molecular complexity index is 1330. The number of anilines is 2. The molecule has 0 aliphatic carbocycles. The van der Waals surface area contributed by atoms with Crippen LogP contribution in [-0.4, -0.2) is 43.0 Å². The lowest BCUT2D eigenvalue weighted by atomic mass is 10.0. The molecule has 2 aromatic carbocycles. The van der Waals surface area contributed by atoms with Gasteiger partial charge in [-0.05, 0) is 52.4 Å². The van der Waals surface area contributed by atoms with Gasteiger partial charge in [-0.3, -0.25) is 9.59 Å². The van der Waals surface area contributed by atoms with Gasteiger partial charge in [0.1, 0.15) is 18.2 Å². The number of benzene rings is 2. The fraction of sp³-hybridized carbons (Fsp3) is 0.0833. The molecule has 0 aliphatic heterocycles. The molecular formula is C24H21ClN8O2. The van der Waals surface area contributed by atoms with Crippen molar-refractivity contribution in [3.8, 4) is 5.69 Å². The van der Waals surface area contributed by atoms with Crippen molar-refractivity contribution in [3.05, 3.63) is 95.4 Å². The maximum atomic E-state index is 13.0. The van der Waals surface area contributed by atoms with Gasteiger partial charge >= 0.3 is 0 Å². The molecule has 11 heteroatoms. The maximum Gasteiger partial charge on any atom is 0.247 e. The Morgan fingerprint density at radius 3 is 2.66 bits per heavy atom. The normalized spacial score (nSPS) is 11.8. The van der Waals surface area contributed by atoms with E-state index in [0.29, 0.717) is 34.2 Å². The van der Waals surface area contributed by atoms with E-state index in [-0.39, 0.29) is 5.91 Å². The highest BCUT2D eigenvalue weighted by molar-refractivity contribution is 6.30. The van der Waals surface area contributed by atoms with Crippen LogP contribution in [0, 0.1) is 0 Å². The average molecular weight is 489 g/mol. The molecule has 4 N–H and O–H groups in total. The van der Waals surface area contributed by atoms with Crippen LogP contribution < -0.4 is 16.4 Å². The quantitative estimate of drug-likeness (QED) is 0.324. The molecule has 1 atom stereocenters. The summed E-state index contributed by atoms with van der Waals surface area (Å²) in [5.41, 5.74) is 8.23. The number of aromatic nitrogens is 5. The minimum atomic E-state index is -0.842. The van der Waals surface area contributed by atoms with Crippen molar-refractivity contribution >= 4 is 41.0 Å². The topological polar surface area (TPSA) is 141 Å². The molecule has 0 fully saturated rings. The number of nitrogens with one attached hydrogen (secondary N) is 2. The number of halogens is 1. The zero-order chi connectivity index (χ0) is 24.6. The van der Waals surface area contributed by atoms with E-state index in [9.17, 15) is 9.59 Å². The highest BCUT2D eigenvalue weighted by atomic mass is 35.5. The van der Waals surface area contributed by atoms with Crippen LogP contribution in [0.25, 0.3) is 11.8 Å². The number of carbonyl (C=O) groups excluding carboxylic acids is 2. The van der Waals surface area contributed by atoms with Crippen LogP contribution in [0.1, 0.15) is 11.1 Å². The fourth-order valence-electron chi connectivity index (χ4n) is 3.29. The molecule has 4 aromatic rings. The SMILES string of the molecule is Nc1ccc(NC(=O)[C@H](Cc2ccccc2)NC(=O)/C=C/c2cc(Cl)ccc2-n2cnnn2)cn1. The summed E-state index contributed by atoms with van der Waals surface area (Å²) in [4.78, 5) is 29.8. The first-order chi connectivity index (χ1) is 17.0. The van der Waals surface area contributed by atoms with Crippen LogP contribution in [-0.2, 0) is 16.0 Å². The summed E-state index contributed by atoms with van der Waals surface area (Å²) in [6.45, 7) is 0. The van der Waals surface area contributed by atoms with E-state index in [1.165, 1.54) is 23.3 Å². The highest BCUT2D eigenvalue weighted by Gasteiger charge is 2.21. The van der Waals surface area contributed by atoms with Crippen molar-refractivity contribution in [2.45, 2.75) is 12.5 Å². The van der Waals surface area contributed by atoms with Gasteiger partial charge in [0.05, 0.1) is 17.6 Å². The number of carbonyl (C=O) groups is 2. The second-order valence-electron chi connectivity index (χ2n) is 7.50. The molecule has 10 nitrogen and oxygen atoms in total. The van der Waals surface area contributed by atoms with Crippen molar-refractivity contribution in [1.29, 1.82) is 0 Å². The largest absolute Gasteiger partial charge is 0.384 e. The number of hydrogen-bond acceptors (Lipinski definition) is 7. The minimum Gasteiger partial charge on any atom is -0.384 e. The third kappa shape index (κ3) is 6.49. The number of pyridine rings is 1. The Morgan fingerprint density at radius 2 is 1.94 bits per heavy atom. The molecule has 2 aromatic heterocycles. The van der Waals surface area contributed by atoms with Gasteiger partial charge in [0.15, 0.2) is 0 Å². The van der Waals surface area contributed by atoms with E-state index in [1.54, 1.807) is 36.4 Å². The lowest BCUT2D eigenvalue weighted by molar-refractivity contribution is -0.123. The Kier molecular flexibility index (Phi) is 7.44. The van der Waals surface area contributed by atoms with E-state index < -0.39 is 11.9 Å². The van der Waals surface area contributed by atoms with Crippen molar-refractivity contribution in [2.24, 2.45) is 0 Å². The second-order valence-corrected chi connectivity index (χ2v) is 7.94. The maximum absolute atomic E-state index is 13.0. The van der Waals surface area contributed by atoms with Crippen LogP contribution in [0.15, 0.2) is 79.3 Å². The summed E-state index contributed by atoms with van der Waals surface area (Å²) in [5.74, 6) is -0.511. The van der Waals surface area contributed by atoms with Gasteiger partial charge in [0.25, 0.3) is 0 Å². The molecule has 2 amide bonds. The van der Waals surface area contributed by atoms with E-state index in [1.807, 2.05) is 30.3 Å². The standard InChI is InChI=1S/C24H21ClN8O2/c25-18-7-9-21(33-15-28-31-32-33)17(13-18)6-11-23(34)30-20(12-16-4-2-1-3-5-16)24(35)29-19-8-10-22(26)27-14-19/h1-11,13-15,20H,12H2,(H2,26,27)(H,29,35)(H,30,34)/b11-6+/t20-/m0/s1. The summed E-state index contributed by atoms with van der Waals surface area (Å²) < 4.78 is 1.46. The summed E-state index contributed by atoms with van der Waals surface area (Å²) in [6.07, 6.45) is 6.10. The van der Waals surface area contributed by atoms with Gasteiger partial charge in [-0.15, -0.1) is 5.10 Å². The molecule has 0 saturated carbocycles. The third-order valence-electron chi connectivity index (χ3n) is 4.97. The molecule has 0 saturated heterocycles. The van der Waals surface area contributed by atoms with Crippen LogP contribution in [0.5, 0.6) is 0 Å². The first-order valence-electron chi connectivity index (χ1n) is 10.6. The number of hydrogen-bond donors (Lipinski definition) is 3. The summed E-state index contributed by atoms with van der Waals surface area (Å²) in [5, 5.41) is 17.2. The smallest absolute Gasteiger partial charge is 0.247 e. The third-order valence-corrected chi connectivity index (χ3v) is 5.20. The van der Waals surface area contributed by atoms with Crippen LogP contribution in [0.4, 0.5) is 11.5 Å². The first-order valence-corrected chi connectivity index (χ1v) is 10.9. The summed E-state index contributed by atoms with van der Waals surface area (Å²) >= 11 is 6.14. The van der Waals surface area contributed by atoms with E-state index in [4.69, 9.17) is 17.3 Å². The predicted molar refractivity (Wildman–Crippen MR) is 133 cm³/mol. The molecule has 0 unspecified atom stereocenters. The fourth-order valence-corrected chi connectivity index (χ4v) is 3.47. The van der Waals surface area contributed by atoms with E-state index in [0.717, 1.165) is 5.56 Å². The molecule has 0 spiro atoms. The Morgan fingerprint density at radius 1 is 1.11 bits per heavy atom. The van der Waals surface area contributed by atoms with Gasteiger partial charge in [-0.25, -0.2) is 4.98 Å². The Balaban J connectivity index is 1.52. The molecule has 176 valence electrons. The average Bonchev–Trinajstić information content (AvgIpc) is 3.39. The number of tetrazole rings is 1. The van der Waals surface area contributed by atoms with E-state index >= 15 is 0 Å². The molecule has 4 rings (SSSR count). The second kappa shape index (κ2) is 11.0. The lowest BCUT2D eigenvalue weighted by Crippen LogP contribution is -2.44. The number of nitrogen functional groups attached to an aromatic ring is 1. The zero-order valence-electron chi connectivity index (χ0n) is 18.4. The van der Waals surface area contributed by atoms with Crippen LogP contribution in [0.2, 0.25) is 5.02 Å². The monoisotopic (exact) mass is 488 g/mol. The number of amides is 2. The molecule has 2 heterocycles. The summed E-state index contributed by atoms with van der Waals surface area (Å²) in [6, 6.07) is 16.9. The lowest BCUT2D eigenvalue weighted by Gasteiger charge is -2.18. The zero-order valence-corrected chi connectivity index (χ0v) is 19.1. The molecule has 0 bridgehead atoms. The molecule has 35 heavy (non-hydrogen) atoms. The van der Waals surface area contributed by atoms with Crippen molar-refractivity contribution < 1.29 is 9.59 Å². The van der Waals surface area contributed by atoms with Crippen molar-refractivity contribution in [2.75, 3.05) is 11.1 Å². The van der Waals surface area contributed by atoms with Gasteiger partial charge in [-0.2, -0.15) is 4.68 Å². The number of nitrogens with zero attached hydrogens (tertiary/aromatic N) is 5. The molecule has 0 aliphatic rings. The van der Waals surface area contributed by atoms with E-state index in [2.05, 4.69) is 31.1 Å². The first kappa shape index (κ1) is 23.6. The highest BCUT2D eigenvalue weighted by Crippen LogP contribution is 2.20. The van der Waals surface area contributed by atoms with Gasteiger partial charge < -0.3 is 16.4 Å². The minimum absolute atomic E-state index is 0.293. The molecular weight excluding hydrogens is 468 g/mol. The predicted octanol–water partition coefficient (Wildman–Crippen LogP) is 2.67. The molecule has 0 radical (unpaired) electrons. The van der Waals surface area contributed by atoms with Gasteiger partial charge in [0, 0.05) is 23.1 Å². The van der Waals surface area contributed by atoms with Gasteiger partial charge in [0.2, 0.25) is 11.8 Å². The van der Waals surface area contributed by atoms with Gasteiger partial charge in [-0.1, -0.05) is 41.9 Å². The van der Waals surface area contributed by atoms with Crippen LogP contribution >= 0.6 is 11.6 Å². The Hall–Kier alpha value is -4.57. The van der Waals surface area contributed by atoms with Crippen LogP contribution in [0.3, 0.4) is 0 Å². The Labute approximate surface area is 205 Å². The number of rotatable bonds is 8. The van der Waals surface area contributed by atoms with Crippen molar-refractivity contribution in [3.63, 3.8) is 0 Å².